The van der Waals surface area contributed by atoms with Crippen LogP contribution < -0.4 is 0 Å². The van der Waals surface area contributed by atoms with E-state index in [1.807, 2.05) is 0 Å². The minimum atomic E-state index is -0.583. The van der Waals surface area contributed by atoms with Crippen LogP contribution in [0.1, 0.15) is 11.1 Å². The van der Waals surface area contributed by atoms with Crippen molar-refractivity contribution < 1.29 is 9.90 Å². The minimum absolute atomic E-state index is 0.125. The van der Waals surface area contributed by atoms with Crippen LogP contribution in [0.3, 0.4) is 0 Å². The lowest BCUT2D eigenvalue weighted by molar-refractivity contribution is -0.153. The summed E-state index contributed by atoms with van der Waals surface area (Å²) in [6.07, 6.45) is 3.19. The van der Waals surface area contributed by atoms with Crippen LogP contribution in [0.25, 0.3) is 10.9 Å². The van der Waals surface area contributed by atoms with Gasteiger partial charge in [0, 0.05) is 35.1 Å². The summed E-state index contributed by atoms with van der Waals surface area (Å²) < 4.78 is 0. The Morgan fingerprint density at radius 2 is 2.24 bits per heavy atom. The molecule has 3 atom stereocenters. The van der Waals surface area contributed by atoms with Crippen LogP contribution in [0.15, 0.2) is 24.4 Å². The molecule has 3 aliphatic carbocycles. The first kappa shape index (κ1) is 10.9. The second-order valence-corrected chi connectivity index (χ2v) is 7.41. The topological polar surface area (TPSA) is 56.3 Å². The first-order valence-corrected chi connectivity index (χ1v) is 7.66. The maximum atomic E-state index is 11.8. The number of nitrogens with one attached hydrogen (secondary N) is 1. The third-order valence-electron chi connectivity index (χ3n) is 6.91. The van der Waals surface area contributed by atoms with Gasteiger partial charge in [0.1, 0.15) is 0 Å². The van der Waals surface area contributed by atoms with E-state index < -0.39 is 11.4 Å². The molecule has 2 saturated carbocycles. The van der Waals surface area contributed by atoms with Crippen LogP contribution in [0, 0.1) is 17.3 Å². The normalized spacial score (nSPS) is 45.1. The van der Waals surface area contributed by atoms with Gasteiger partial charge in [0.25, 0.3) is 0 Å². The van der Waals surface area contributed by atoms with Crippen molar-refractivity contribution in [2.45, 2.75) is 17.9 Å². The van der Waals surface area contributed by atoms with E-state index in [9.17, 15) is 9.90 Å². The van der Waals surface area contributed by atoms with E-state index in [4.69, 9.17) is 0 Å². The monoisotopic (exact) mass is 280 g/mol. The summed E-state index contributed by atoms with van der Waals surface area (Å²) in [4.78, 5) is 17.5. The van der Waals surface area contributed by atoms with E-state index in [0.29, 0.717) is 17.9 Å². The fourth-order valence-corrected chi connectivity index (χ4v) is 6.26. The van der Waals surface area contributed by atoms with Gasteiger partial charge in [0.05, 0.1) is 5.41 Å². The molecule has 0 amide bonds. The summed E-state index contributed by atoms with van der Waals surface area (Å²) in [5.41, 5.74) is 3.69. The van der Waals surface area contributed by atoms with E-state index >= 15 is 0 Å². The highest BCUT2D eigenvalue weighted by Gasteiger charge is 2.99. The van der Waals surface area contributed by atoms with Gasteiger partial charge in [0.15, 0.2) is 0 Å². The largest absolute Gasteiger partial charge is 0.481 e. The van der Waals surface area contributed by atoms with E-state index in [0.717, 1.165) is 13.0 Å². The fraction of sp³-hybridized carbons (Fsp3) is 0.471. The maximum absolute atomic E-state index is 11.8. The maximum Gasteiger partial charge on any atom is 0.311 e. The van der Waals surface area contributed by atoms with Crippen molar-refractivity contribution >= 4 is 16.9 Å². The Morgan fingerprint density at radius 3 is 3.00 bits per heavy atom. The molecular weight excluding hydrogens is 264 g/mol. The quantitative estimate of drug-likeness (QED) is 0.834. The third kappa shape index (κ3) is 0.821. The van der Waals surface area contributed by atoms with E-state index in [1.54, 1.807) is 0 Å². The number of likely N-dealkylation sites (N-methyl/N-ethyl adjacent to an activating group) is 1. The number of carboxylic acid groups (broad SMARTS) is 1. The second kappa shape index (κ2) is 2.75. The number of rotatable bonds is 1. The smallest absolute Gasteiger partial charge is 0.311 e. The molecule has 1 aromatic carbocycles. The number of hydrogen-bond acceptors (Lipinski definition) is 2. The molecule has 1 spiro atoms. The van der Waals surface area contributed by atoms with Gasteiger partial charge in [-0.1, -0.05) is 12.1 Å². The molecule has 2 saturated heterocycles. The summed E-state index contributed by atoms with van der Waals surface area (Å²) in [5, 5.41) is 11.0. The zero-order valence-electron chi connectivity index (χ0n) is 11.8. The number of hydrogen-bond donors (Lipinski definition) is 2. The standard InChI is InChI=1S/C17H16N2O2/c1-19-7-16(15(20)21)13-14(16)17(13)9-3-2-4-10-12(9)8(6-18-10)5-11(17)19/h2-4,6,11,13-14,18H,5,7H2,1H3,(H,20,21)/t11?,13-,14-,16?,17?/m1/s1. The van der Waals surface area contributed by atoms with Gasteiger partial charge in [-0.2, -0.15) is 0 Å². The van der Waals surface area contributed by atoms with Crippen molar-refractivity contribution in [2.75, 3.05) is 13.6 Å². The number of aliphatic carboxylic acids is 1. The first-order valence-electron chi connectivity index (χ1n) is 7.66. The fourth-order valence-electron chi connectivity index (χ4n) is 6.26. The molecule has 2 N–H and O–H groups in total. The minimum Gasteiger partial charge on any atom is -0.481 e. The third-order valence-corrected chi connectivity index (χ3v) is 6.91. The molecule has 2 aliphatic heterocycles. The Kier molecular flexibility index (Phi) is 1.42. The zero-order chi connectivity index (χ0) is 14.1. The lowest BCUT2D eigenvalue weighted by atomic mass is 9.61. The summed E-state index contributed by atoms with van der Waals surface area (Å²) >= 11 is 0. The zero-order valence-corrected chi connectivity index (χ0v) is 11.8. The van der Waals surface area contributed by atoms with Crippen molar-refractivity contribution in [1.82, 2.24) is 9.88 Å². The number of fused-ring (bicyclic) bond motifs is 1. The molecular formula is C17H16N2O2. The SMILES string of the molecule is CN1CC2(C(=O)O)[C@H]3[C@H]2C32c3cccc4[nH]cc(c34)CC12. The predicted octanol–water partition coefficient (Wildman–Crippen LogP) is 1.61. The molecule has 1 aromatic heterocycles. The summed E-state index contributed by atoms with van der Waals surface area (Å²) in [6.45, 7) is 0.722. The Labute approximate surface area is 121 Å². The van der Waals surface area contributed by atoms with Crippen molar-refractivity contribution in [2.24, 2.45) is 17.3 Å². The van der Waals surface area contributed by atoms with Gasteiger partial charge >= 0.3 is 5.97 Å². The number of benzene rings is 1. The number of carboxylic acids is 1. The van der Waals surface area contributed by atoms with Gasteiger partial charge in [-0.25, -0.2) is 0 Å². The highest BCUT2D eigenvalue weighted by atomic mass is 16.4. The second-order valence-electron chi connectivity index (χ2n) is 7.41. The number of carbonyl (C=O) groups is 1. The Morgan fingerprint density at radius 1 is 1.43 bits per heavy atom. The summed E-state index contributed by atoms with van der Waals surface area (Å²) in [7, 11) is 2.10. The number of nitrogens with zero attached hydrogens (tertiary/aromatic N) is 1. The van der Waals surface area contributed by atoms with Crippen molar-refractivity contribution in [3.63, 3.8) is 0 Å². The van der Waals surface area contributed by atoms with Gasteiger partial charge in [-0.15, -0.1) is 0 Å². The average molecular weight is 280 g/mol. The highest BCUT2D eigenvalue weighted by molar-refractivity contribution is 5.94. The lowest BCUT2D eigenvalue weighted by Crippen LogP contribution is -2.62. The van der Waals surface area contributed by atoms with Crippen LogP contribution in [0.4, 0.5) is 0 Å². The highest BCUT2D eigenvalue weighted by Crippen LogP contribution is 2.92. The van der Waals surface area contributed by atoms with Gasteiger partial charge < -0.3 is 15.0 Å². The summed E-state index contributed by atoms with van der Waals surface area (Å²) in [5.74, 6) is 0.162. The Hall–Kier alpha value is -1.81. The Bertz CT molecular complexity index is 842. The summed E-state index contributed by atoms with van der Waals surface area (Å²) in [6, 6.07) is 6.96. The molecule has 106 valence electrons. The van der Waals surface area contributed by atoms with Gasteiger partial charge in [-0.3, -0.25) is 4.79 Å². The number of piperidine rings is 2. The Balaban J connectivity index is 1.64. The first-order chi connectivity index (χ1) is 10.1. The molecule has 5 aliphatic rings. The molecule has 4 fully saturated rings. The van der Waals surface area contributed by atoms with E-state index in [1.165, 1.54) is 22.0 Å². The molecule has 2 aromatic rings. The van der Waals surface area contributed by atoms with Crippen molar-refractivity contribution in [3.8, 4) is 0 Å². The molecule has 1 unspecified atom stereocenters. The average Bonchev–Trinajstić information content (AvgIpc) is 3.30. The van der Waals surface area contributed by atoms with Crippen molar-refractivity contribution in [1.29, 1.82) is 0 Å². The van der Waals surface area contributed by atoms with Gasteiger partial charge in [-0.05, 0) is 42.5 Å². The molecule has 7 rings (SSSR count). The molecule has 3 heterocycles. The lowest BCUT2D eigenvalue weighted by Gasteiger charge is -2.52. The van der Waals surface area contributed by atoms with Crippen LogP contribution in [0.2, 0.25) is 0 Å². The number of aromatic nitrogens is 1. The van der Waals surface area contributed by atoms with Crippen LogP contribution in [-0.2, 0) is 16.6 Å². The number of aromatic amines is 1. The van der Waals surface area contributed by atoms with Crippen molar-refractivity contribution in [3.05, 3.63) is 35.5 Å². The number of H-pyrrole nitrogens is 1. The van der Waals surface area contributed by atoms with Gasteiger partial charge in [0.2, 0.25) is 0 Å². The molecule has 4 nitrogen and oxygen atoms in total. The van der Waals surface area contributed by atoms with Crippen LogP contribution >= 0.6 is 0 Å². The predicted molar refractivity (Wildman–Crippen MR) is 77.1 cm³/mol. The van der Waals surface area contributed by atoms with E-state index in [-0.39, 0.29) is 5.41 Å². The van der Waals surface area contributed by atoms with Crippen LogP contribution in [0.5, 0.6) is 0 Å². The molecule has 2 bridgehead atoms. The molecule has 4 heteroatoms. The van der Waals surface area contributed by atoms with Crippen LogP contribution in [-0.4, -0.2) is 40.6 Å². The molecule has 21 heavy (non-hydrogen) atoms. The molecule has 0 radical (unpaired) electrons. The van der Waals surface area contributed by atoms with E-state index in [2.05, 4.69) is 41.3 Å².